The first-order chi connectivity index (χ1) is 7.16. The summed E-state index contributed by atoms with van der Waals surface area (Å²) in [4.78, 5) is 0. The predicted molar refractivity (Wildman–Crippen MR) is 58.9 cm³/mol. The fourth-order valence-corrected chi connectivity index (χ4v) is 1.90. The number of nitrogens with one attached hydrogen (secondary N) is 1. The summed E-state index contributed by atoms with van der Waals surface area (Å²) in [5.74, 6) is -0.391. The predicted octanol–water partition coefficient (Wildman–Crippen LogP) is 3.07. The first-order valence-electron chi connectivity index (χ1n) is 5.00. The van der Waals surface area contributed by atoms with E-state index >= 15 is 0 Å². The molecule has 1 aliphatic rings. The summed E-state index contributed by atoms with van der Waals surface area (Å²) in [6.45, 7) is 2.80. The third-order valence-corrected chi connectivity index (χ3v) is 2.94. The van der Waals surface area contributed by atoms with Gasteiger partial charge in [-0.3, -0.25) is 0 Å². The maximum absolute atomic E-state index is 12.9. The van der Waals surface area contributed by atoms with Crippen molar-refractivity contribution in [1.29, 1.82) is 0 Å². The number of benzene rings is 1. The molecule has 1 N–H and O–H groups in total. The Labute approximate surface area is 93.4 Å². The highest BCUT2D eigenvalue weighted by atomic mass is 35.5. The van der Waals surface area contributed by atoms with Crippen LogP contribution in [0.2, 0.25) is 5.02 Å². The molecule has 0 spiro atoms. The highest BCUT2D eigenvalue weighted by Gasteiger charge is 2.23. The highest BCUT2D eigenvalue weighted by molar-refractivity contribution is 6.31. The van der Waals surface area contributed by atoms with Crippen molar-refractivity contribution in [2.24, 2.45) is 0 Å². The molecule has 1 saturated heterocycles. The van der Waals surface area contributed by atoms with Gasteiger partial charge in [-0.05, 0) is 31.5 Å². The summed E-state index contributed by atoms with van der Waals surface area (Å²) >= 11 is 5.69. The molecular formula is C11H13ClFNO. The van der Waals surface area contributed by atoms with Crippen molar-refractivity contribution >= 4 is 17.3 Å². The number of rotatable bonds is 2. The Balaban J connectivity index is 2.07. The fourth-order valence-electron chi connectivity index (χ4n) is 1.72. The van der Waals surface area contributed by atoms with Crippen LogP contribution in [0, 0.1) is 5.82 Å². The monoisotopic (exact) mass is 229 g/mol. The minimum atomic E-state index is -0.391. The molecule has 1 aromatic rings. The molecule has 0 bridgehead atoms. The second-order valence-corrected chi connectivity index (χ2v) is 4.15. The van der Waals surface area contributed by atoms with Crippen LogP contribution in [0.3, 0.4) is 0 Å². The van der Waals surface area contributed by atoms with Gasteiger partial charge >= 0.3 is 0 Å². The van der Waals surface area contributed by atoms with Crippen LogP contribution in [0.4, 0.5) is 10.1 Å². The normalized spacial score (nSPS) is 25.5. The second-order valence-electron chi connectivity index (χ2n) is 3.74. The average Bonchev–Trinajstić information content (AvgIpc) is 2.59. The number of hydrogen-bond acceptors (Lipinski definition) is 2. The Hall–Kier alpha value is -0.800. The van der Waals surface area contributed by atoms with E-state index in [4.69, 9.17) is 16.3 Å². The van der Waals surface area contributed by atoms with Gasteiger partial charge in [-0.15, -0.1) is 0 Å². The summed E-state index contributed by atoms with van der Waals surface area (Å²) in [5, 5.41) is 3.43. The molecule has 15 heavy (non-hydrogen) atoms. The van der Waals surface area contributed by atoms with Gasteiger partial charge in [0.2, 0.25) is 0 Å². The summed E-state index contributed by atoms with van der Waals surface area (Å²) in [5.41, 5.74) is 0.837. The largest absolute Gasteiger partial charge is 0.380 e. The Morgan fingerprint density at radius 2 is 2.33 bits per heavy atom. The van der Waals surface area contributed by atoms with E-state index in [0.29, 0.717) is 0 Å². The van der Waals surface area contributed by atoms with Crippen LogP contribution in [0.5, 0.6) is 0 Å². The molecule has 82 valence electrons. The Morgan fingerprint density at radius 3 is 2.93 bits per heavy atom. The SMILES string of the molecule is C[C@@H]1OCC[C@H]1Nc1ccc(F)c(Cl)c1. The van der Waals surface area contributed by atoms with E-state index in [9.17, 15) is 4.39 Å². The zero-order chi connectivity index (χ0) is 10.8. The van der Waals surface area contributed by atoms with Crippen molar-refractivity contribution in [1.82, 2.24) is 0 Å². The average molecular weight is 230 g/mol. The van der Waals surface area contributed by atoms with Crippen LogP contribution >= 0.6 is 11.6 Å². The van der Waals surface area contributed by atoms with E-state index in [-0.39, 0.29) is 17.2 Å². The molecule has 0 saturated carbocycles. The molecule has 0 aromatic heterocycles. The second kappa shape index (κ2) is 4.37. The lowest BCUT2D eigenvalue weighted by Gasteiger charge is -2.17. The Kier molecular flexibility index (Phi) is 3.12. The number of anilines is 1. The molecule has 1 aliphatic heterocycles. The van der Waals surface area contributed by atoms with Crippen molar-refractivity contribution in [3.05, 3.63) is 29.0 Å². The van der Waals surface area contributed by atoms with Gasteiger partial charge < -0.3 is 10.1 Å². The molecule has 0 radical (unpaired) electrons. The van der Waals surface area contributed by atoms with Crippen molar-refractivity contribution in [3.63, 3.8) is 0 Å². The Morgan fingerprint density at radius 1 is 1.53 bits per heavy atom. The van der Waals surface area contributed by atoms with E-state index in [2.05, 4.69) is 5.32 Å². The lowest BCUT2D eigenvalue weighted by Crippen LogP contribution is -2.26. The zero-order valence-electron chi connectivity index (χ0n) is 8.47. The lowest BCUT2D eigenvalue weighted by atomic mass is 10.1. The molecule has 0 amide bonds. The topological polar surface area (TPSA) is 21.3 Å². The number of hydrogen-bond donors (Lipinski definition) is 1. The van der Waals surface area contributed by atoms with E-state index in [0.717, 1.165) is 18.7 Å². The number of halogens is 2. The molecule has 1 fully saturated rings. The minimum absolute atomic E-state index is 0.145. The van der Waals surface area contributed by atoms with E-state index in [1.54, 1.807) is 12.1 Å². The molecule has 4 heteroatoms. The van der Waals surface area contributed by atoms with E-state index in [1.165, 1.54) is 6.07 Å². The van der Waals surface area contributed by atoms with Crippen molar-refractivity contribution in [2.75, 3.05) is 11.9 Å². The lowest BCUT2D eigenvalue weighted by molar-refractivity contribution is 0.121. The smallest absolute Gasteiger partial charge is 0.141 e. The van der Waals surface area contributed by atoms with Crippen molar-refractivity contribution < 1.29 is 9.13 Å². The molecular weight excluding hydrogens is 217 g/mol. The standard InChI is InChI=1S/C11H13ClFNO/c1-7-11(4-5-15-7)14-8-2-3-10(13)9(12)6-8/h2-3,6-7,11,14H,4-5H2,1H3/t7-,11+/m0/s1. The Bertz CT molecular complexity index is 358. The van der Waals surface area contributed by atoms with Crippen LogP contribution in [-0.4, -0.2) is 18.8 Å². The van der Waals surface area contributed by atoms with Crippen LogP contribution in [0.25, 0.3) is 0 Å². The van der Waals surface area contributed by atoms with E-state index in [1.807, 2.05) is 6.92 Å². The molecule has 0 unspecified atom stereocenters. The van der Waals surface area contributed by atoms with Gasteiger partial charge in [-0.1, -0.05) is 11.6 Å². The summed E-state index contributed by atoms with van der Waals surface area (Å²) in [6.07, 6.45) is 1.16. The van der Waals surface area contributed by atoms with Gasteiger partial charge in [0.1, 0.15) is 5.82 Å². The minimum Gasteiger partial charge on any atom is -0.380 e. The number of ether oxygens (including phenoxy) is 1. The van der Waals surface area contributed by atoms with Crippen LogP contribution < -0.4 is 5.32 Å². The molecule has 2 nitrogen and oxygen atoms in total. The van der Waals surface area contributed by atoms with Crippen LogP contribution in [-0.2, 0) is 4.74 Å². The summed E-state index contributed by atoms with van der Waals surface area (Å²) in [7, 11) is 0. The van der Waals surface area contributed by atoms with Gasteiger partial charge in [0.15, 0.2) is 0 Å². The van der Waals surface area contributed by atoms with Crippen LogP contribution in [0.15, 0.2) is 18.2 Å². The van der Waals surface area contributed by atoms with Gasteiger partial charge in [0.05, 0.1) is 17.2 Å². The molecule has 0 aliphatic carbocycles. The quantitative estimate of drug-likeness (QED) is 0.842. The maximum Gasteiger partial charge on any atom is 0.141 e. The third kappa shape index (κ3) is 2.41. The summed E-state index contributed by atoms with van der Waals surface area (Å²) in [6, 6.07) is 4.94. The van der Waals surface area contributed by atoms with Gasteiger partial charge in [-0.2, -0.15) is 0 Å². The van der Waals surface area contributed by atoms with Gasteiger partial charge in [-0.25, -0.2) is 4.39 Å². The van der Waals surface area contributed by atoms with Gasteiger partial charge in [0.25, 0.3) is 0 Å². The molecule has 1 aromatic carbocycles. The third-order valence-electron chi connectivity index (χ3n) is 2.65. The van der Waals surface area contributed by atoms with Gasteiger partial charge in [0, 0.05) is 12.3 Å². The maximum atomic E-state index is 12.9. The molecule has 1 heterocycles. The zero-order valence-corrected chi connectivity index (χ0v) is 9.22. The molecule has 2 atom stereocenters. The first-order valence-corrected chi connectivity index (χ1v) is 5.38. The van der Waals surface area contributed by atoms with Crippen molar-refractivity contribution in [2.45, 2.75) is 25.5 Å². The fraction of sp³-hybridized carbons (Fsp3) is 0.455. The first kappa shape index (κ1) is 10.7. The van der Waals surface area contributed by atoms with Crippen molar-refractivity contribution in [3.8, 4) is 0 Å². The summed E-state index contributed by atoms with van der Waals surface area (Å²) < 4.78 is 18.3. The van der Waals surface area contributed by atoms with Crippen LogP contribution in [0.1, 0.15) is 13.3 Å². The van der Waals surface area contributed by atoms with E-state index < -0.39 is 5.82 Å². The molecule has 2 rings (SSSR count). The highest BCUT2D eigenvalue weighted by Crippen LogP contribution is 2.23.